The maximum atomic E-state index is 14.0. The first-order valence-corrected chi connectivity index (χ1v) is 5.23. The van der Waals surface area contributed by atoms with Crippen LogP contribution in [0.3, 0.4) is 0 Å². The number of aromatic nitrogens is 2. The highest BCUT2D eigenvalue weighted by molar-refractivity contribution is 5.73. The Kier molecular flexibility index (Phi) is 3.00. The minimum atomic E-state index is -0.811. The Balaban J connectivity index is 2.80. The number of hydrogen-bond donors (Lipinski definition) is 2. The minimum absolute atomic E-state index is 0.0451. The van der Waals surface area contributed by atoms with Gasteiger partial charge >= 0.3 is 0 Å². The van der Waals surface area contributed by atoms with Crippen molar-refractivity contribution >= 4 is 11.8 Å². The third-order valence-electron chi connectivity index (χ3n) is 2.64. The van der Waals surface area contributed by atoms with E-state index in [1.807, 2.05) is 0 Å². The summed E-state index contributed by atoms with van der Waals surface area (Å²) in [4.78, 5) is 7.43. The van der Waals surface area contributed by atoms with Crippen LogP contribution in [0.2, 0.25) is 0 Å². The lowest BCUT2D eigenvalue weighted by atomic mass is 10.0. The molecule has 1 aromatic carbocycles. The predicted molar refractivity (Wildman–Crippen MR) is 65.7 cm³/mol. The number of nitrogens with zero attached hydrogens (tertiary/aromatic N) is 3. The van der Waals surface area contributed by atoms with Crippen LogP contribution in [0.5, 0.6) is 0 Å². The molecule has 0 aliphatic heterocycles. The van der Waals surface area contributed by atoms with Gasteiger partial charge in [-0.1, -0.05) is 0 Å². The van der Waals surface area contributed by atoms with Crippen molar-refractivity contribution in [1.82, 2.24) is 9.97 Å². The molecule has 19 heavy (non-hydrogen) atoms. The Hall–Kier alpha value is -2.75. The van der Waals surface area contributed by atoms with Crippen LogP contribution >= 0.6 is 0 Å². The number of benzene rings is 1. The summed E-state index contributed by atoms with van der Waals surface area (Å²) in [6, 6.07) is 4.05. The monoisotopic (exact) mass is 261 g/mol. The average molecular weight is 261 g/mol. The molecule has 0 radical (unpaired) electrons. The standard InChI is InChI=1S/C12H9F2N5/c1-5-8(13)3-2-6(9(5)14)10-7(4-15)11(16)19-12(17)18-10/h2-3H,1H3,(H4,16,17,18,19). The van der Waals surface area contributed by atoms with E-state index in [4.69, 9.17) is 16.7 Å². The number of hydrogen-bond acceptors (Lipinski definition) is 5. The van der Waals surface area contributed by atoms with Gasteiger partial charge in [0.15, 0.2) is 0 Å². The number of nitrogens with two attached hydrogens (primary N) is 2. The van der Waals surface area contributed by atoms with Gasteiger partial charge in [-0.2, -0.15) is 10.2 Å². The van der Waals surface area contributed by atoms with Gasteiger partial charge in [-0.05, 0) is 19.1 Å². The molecule has 5 nitrogen and oxygen atoms in total. The van der Waals surface area contributed by atoms with E-state index >= 15 is 0 Å². The highest BCUT2D eigenvalue weighted by Crippen LogP contribution is 2.29. The Bertz CT molecular complexity index is 706. The molecule has 0 spiro atoms. The Labute approximate surface area is 107 Å². The van der Waals surface area contributed by atoms with Crippen molar-refractivity contribution in [3.63, 3.8) is 0 Å². The van der Waals surface area contributed by atoms with Crippen LogP contribution in [-0.2, 0) is 0 Å². The van der Waals surface area contributed by atoms with Crippen LogP contribution in [-0.4, -0.2) is 9.97 Å². The van der Waals surface area contributed by atoms with Crippen molar-refractivity contribution in [2.45, 2.75) is 6.92 Å². The molecule has 0 saturated heterocycles. The van der Waals surface area contributed by atoms with Crippen LogP contribution in [0, 0.1) is 29.9 Å². The lowest BCUT2D eigenvalue weighted by Crippen LogP contribution is -2.06. The third kappa shape index (κ3) is 2.04. The second-order valence-corrected chi connectivity index (χ2v) is 3.84. The van der Waals surface area contributed by atoms with E-state index in [-0.39, 0.29) is 34.2 Å². The van der Waals surface area contributed by atoms with Gasteiger partial charge in [0.05, 0.1) is 5.69 Å². The van der Waals surface area contributed by atoms with Crippen molar-refractivity contribution < 1.29 is 8.78 Å². The molecule has 2 rings (SSSR count). The second-order valence-electron chi connectivity index (χ2n) is 3.84. The highest BCUT2D eigenvalue weighted by Gasteiger charge is 2.18. The molecule has 0 amide bonds. The second kappa shape index (κ2) is 4.49. The molecule has 0 atom stereocenters. The normalized spacial score (nSPS) is 10.2. The summed E-state index contributed by atoms with van der Waals surface area (Å²) in [5, 5.41) is 9.02. The Morgan fingerprint density at radius 3 is 2.53 bits per heavy atom. The van der Waals surface area contributed by atoms with Gasteiger partial charge in [-0.25, -0.2) is 13.8 Å². The average Bonchev–Trinajstić information content (AvgIpc) is 2.35. The quantitative estimate of drug-likeness (QED) is 0.814. The number of nitrogen functional groups attached to an aromatic ring is 2. The van der Waals surface area contributed by atoms with E-state index in [9.17, 15) is 8.78 Å². The van der Waals surface area contributed by atoms with Crippen molar-refractivity contribution in [2.75, 3.05) is 11.5 Å². The summed E-state index contributed by atoms with van der Waals surface area (Å²) < 4.78 is 27.3. The van der Waals surface area contributed by atoms with E-state index in [2.05, 4.69) is 9.97 Å². The lowest BCUT2D eigenvalue weighted by molar-refractivity contribution is 0.570. The summed E-state index contributed by atoms with van der Waals surface area (Å²) in [6.07, 6.45) is 0. The molecule has 0 aliphatic rings. The molecule has 0 bridgehead atoms. The molecular weight excluding hydrogens is 252 g/mol. The molecule has 0 unspecified atom stereocenters. The van der Waals surface area contributed by atoms with Crippen LogP contribution in [0.15, 0.2) is 12.1 Å². The van der Waals surface area contributed by atoms with Gasteiger partial charge in [-0.15, -0.1) is 0 Å². The van der Waals surface area contributed by atoms with E-state index < -0.39 is 11.6 Å². The first-order chi connectivity index (χ1) is 8.95. The number of anilines is 2. The molecule has 2 aromatic rings. The number of nitriles is 1. The zero-order valence-electron chi connectivity index (χ0n) is 9.91. The Morgan fingerprint density at radius 1 is 1.21 bits per heavy atom. The molecule has 1 aromatic heterocycles. The van der Waals surface area contributed by atoms with E-state index in [0.717, 1.165) is 6.07 Å². The summed E-state index contributed by atoms with van der Waals surface area (Å²) in [5.41, 5.74) is 10.6. The summed E-state index contributed by atoms with van der Waals surface area (Å²) in [5.74, 6) is -1.83. The molecule has 0 aliphatic carbocycles. The van der Waals surface area contributed by atoms with Gasteiger partial charge in [0.1, 0.15) is 29.1 Å². The fourth-order valence-corrected chi connectivity index (χ4v) is 1.65. The minimum Gasteiger partial charge on any atom is -0.382 e. The third-order valence-corrected chi connectivity index (χ3v) is 2.64. The summed E-state index contributed by atoms with van der Waals surface area (Å²) in [7, 11) is 0. The fourth-order valence-electron chi connectivity index (χ4n) is 1.65. The topological polar surface area (TPSA) is 102 Å². The van der Waals surface area contributed by atoms with Gasteiger partial charge in [0, 0.05) is 11.1 Å². The largest absolute Gasteiger partial charge is 0.382 e. The number of rotatable bonds is 1. The molecule has 7 heteroatoms. The molecule has 0 fully saturated rings. The Morgan fingerprint density at radius 2 is 1.89 bits per heavy atom. The number of halogens is 2. The van der Waals surface area contributed by atoms with Crippen LogP contribution in [0.1, 0.15) is 11.1 Å². The first-order valence-electron chi connectivity index (χ1n) is 5.23. The maximum absolute atomic E-state index is 14.0. The lowest BCUT2D eigenvalue weighted by Gasteiger charge is -2.09. The van der Waals surface area contributed by atoms with Gasteiger partial charge in [0.2, 0.25) is 5.95 Å². The van der Waals surface area contributed by atoms with Crippen molar-refractivity contribution in [2.24, 2.45) is 0 Å². The van der Waals surface area contributed by atoms with Crippen LogP contribution in [0.4, 0.5) is 20.5 Å². The van der Waals surface area contributed by atoms with Gasteiger partial charge in [0.25, 0.3) is 0 Å². The van der Waals surface area contributed by atoms with Crippen LogP contribution in [0.25, 0.3) is 11.3 Å². The smallest absolute Gasteiger partial charge is 0.222 e. The fraction of sp³-hybridized carbons (Fsp3) is 0.0833. The zero-order chi connectivity index (χ0) is 14.2. The van der Waals surface area contributed by atoms with Crippen molar-refractivity contribution in [3.8, 4) is 17.3 Å². The van der Waals surface area contributed by atoms with Crippen LogP contribution < -0.4 is 11.5 Å². The first kappa shape index (κ1) is 12.7. The van der Waals surface area contributed by atoms with E-state index in [0.29, 0.717) is 0 Å². The van der Waals surface area contributed by atoms with E-state index in [1.54, 1.807) is 6.07 Å². The maximum Gasteiger partial charge on any atom is 0.222 e. The van der Waals surface area contributed by atoms with Crippen molar-refractivity contribution in [3.05, 3.63) is 34.9 Å². The van der Waals surface area contributed by atoms with E-state index in [1.165, 1.54) is 13.0 Å². The molecular formula is C12H9F2N5. The molecule has 4 N–H and O–H groups in total. The van der Waals surface area contributed by atoms with Crippen molar-refractivity contribution in [1.29, 1.82) is 5.26 Å². The van der Waals surface area contributed by atoms with Gasteiger partial charge in [-0.3, -0.25) is 0 Å². The summed E-state index contributed by atoms with van der Waals surface area (Å²) in [6.45, 7) is 1.29. The zero-order valence-corrected chi connectivity index (χ0v) is 9.91. The predicted octanol–water partition coefficient (Wildman–Crippen LogP) is 1.77. The molecule has 0 saturated carbocycles. The molecule has 96 valence electrons. The summed E-state index contributed by atoms with van der Waals surface area (Å²) >= 11 is 0. The van der Waals surface area contributed by atoms with Gasteiger partial charge < -0.3 is 11.5 Å². The highest BCUT2D eigenvalue weighted by atomic mass is 19.1. The molecule has 1 heterocycles. The SMILES string of the molecule is Cc1c(F)ccc(-c2nc(N)nc(N)c2C#N)c1F.